The van der Waals surface area contributed by atoms with Gasteiger partial charge in [0.05, 0.1) is 0 Å². The Morgan fingerprint density at radius 1 is 1.05 bits per heavy atom. The molecule has 1 rings (SSSR count). The molecule has 0 spiro atoms. The summed E-state index contributed by atoms with van der Waals surface area (Å²) in [6, 6.07) is 9.38. The van der Waals surface area contributed by atoms with Crippen LogP contribution in [-0.2, 0) is 9.59 Å². The van der Waals surface area contributed by atoms with E-state index < -0.39 is 0 Å². The number of amides is 2. The molecule has 1 aromatic rings. The Labute approximate surface area is 125 Å². The molecule has 0 aliphatic carbocycles. The summed E-state index contributed by atoms with van der Waals surface area (Å²) < 4.78 is 0. The Kier molecular flexibility index (Phi) is 8.08. The zero-order chi connectivity index (χ0) is 15.5. The second kappa shape index (κ2) is 9.90. The van der Waals surface area contributed by atoms with Crippen LogP contribution in [0.4, 0.5) is 5.69 Å². The molecule has 3 N–H and O–H groups in total. The molecule has 0 aliphatic heterocycles. The number of benzene rings is 1. The van der Waals surface area contributed by atoms with E-state index in [-0.39, 0.29) is 11.8 Å². The molecule has 0 aromatic heterocycles. The van der Waals surface area contributed by atoms with E-state index >= 15 is 0 Å². The summed E-state index contributed by atoms with van der Waals surface area (Å²) in [7, 11) is 1.95. The highest BCUT2D eigenvalue weighted by molar-refractivity contribution is 5.90. The number of nitrogens with one attached hydrogen (secondary N) is 2. The summed E-state index contributed by atoms with van der Waals surface area (Å²) >= 11 is 0. The Morgan fingerprint density at radius 2 is 1.62 bits per heavy atom. The Hall–Kier alpha value is -1.92. The summed E-state index contributed by atoms with van der Waals surface area (Å²) in [5, 5.41) is 11.2. The number of hydrogen-bond donors (Lipinski definition) is 3. The number of carbonyl (C=O) groups excluding carboxylic acids is 2. The molecule has 0 bridgehead atoms. The van der Waals surface area contributed by atoms with E-state index in [0.29, 0.717) is 19.3 Å². The standard InChI is InChI=1S/C15H23N3O3/c1-18(12-6-10-15(20)17-21)11-5-9-14(19)16-13-7-3-2-4-8-13/h2-4,7-8,21H,5-6,9-12H2,1H3,(H,16,19)(H,17,20). The third kappa shape index (κ3) is 8.06. The van der Waals surface area contributed by atoms with Crippen molar-refractivity contribution >= 4 is 17.5 Å². The molecule has 0 heterocycles. The maximum atomic E-state index is 11.7. The lowest BCUT2D eigenvalue weighted by Crippen LogP contribution is -2.25. The lowest BCUT2D eigenvalue weighted by atomic mass is 10.2. The highest BCUT2D eigenvalue weighted by Crippen LogP contribution is 2.06. The first-order valence-electron chi connectivity index (χ1n) is 7.08. The van der Waals surface area contributed by atoms with Gasteiger partial charge in [0, 0.05) is 18.5 Å². The van der Waals surface area contributed by atoms with E-state index in [2.05, 4.69) is 10.2 Å². The number of rotatable bonds is 9. The van der Waals surface area contributed by atoms with Gasteiger partial charge in [-0.1, -0.05) is 18.2 Å². The van der Waals surface area contributed by atoms with Crippen LogP contribution in [0.15, 0.2) is 30.3 Å². The van der Waals surface area contributed by atoms with E-state index in [4.69, 9.17) is 5.21 Å². The third-order valence-electron chi connectivity index (χ3n) is 3.07. The van der Waals surface area contributed by atoms with Crippen LogP contribution in [0.2, 0.25) is 0 Å². The van der Waals surface area contributed by atoms with Gasteiger partial charge in [0.15, 0.2) is 0 Å². The van der Waals surface area contributed by atoms with Crippen LogP contribution in [-0.4, -0.2) is 42.1 Å². The molecule has 0 unspecified atom stereocenters. The number of carbonyl (C=O) groups is 2. The highest BCUT2D eigenvalue weighted by atomic mass is 16.5. The highest BCUT2D eigenvalue weighted by Gasteiger charge is 2.05. The second-order valence-electron chi connectivity index (χ2n) is 4.96. The Morgan fingerprint density at radius 3 is 2.19 bits per heavy atom. The molecule has 0 fully saturated rings. The normalized spacial score (nSPS) is 10.4. The SMILES string of the molecule is CN(CCCC(=O)NO)CCCC(=O)Nc1ccccc1. The molecule has 6 heteroatoms. The monoisotopic (exact) mass is 293 g/mol. The van der Waals surface area contributed by atoms with Gasteiger partial charge < -0.3 is 10.2 Å². The fourth-order valence-electron chi connectivity index (χ4n) is 1.93. The summed E-state index contributed by atoms with van der Waals surface area (Å²) in [5.74, 6) is -0.361. The molecule has 2 amide bonds. The molecule has 0 saturated heterocycles. The summed E-state index contributed by atoms with van der Waals surface area (Å²) in [6.07, 6.45) is 2.21. The minimum atomic E-state index is -0.370. The van der Waals surface area contributed by atoms with Crippen molar-refractivity contribution in [3.63, 3.8) is 0 Å². The largest absolute Gasteiger partial charge is 0.326 e. The van der Waals surface area contributed by atoms with Crippen LogP contribution in [0, 0.1) is 0 Å². The van der Waals surface area contributed by atoms with E-state index in [9.17, 15) is 9.59 Å². The zero-order valence-electron chi connectivity index (χ0n) is 12.3. The number of hydrogen-bond acceptors (Lipinski definition) is 4. The van der Waals surface area contributed by atoms with Gasteiger partial charge in [-0.05, 0) is 45.1 Å². The molecule has 21 heavy (non-hydrogen) atoms. The first-order chi connectivity index (χ1) is 10.1. The predicted molar refractivity (Wildman–Crippen MR) is 81.0 cm³/mol. The average molecular weight is 293 g/mol. The molecule has 0 saturated carbocycles. The molecule has 116 valence electrons. The molecular formula is C15H23N3O3. The van der Waals surface area contributed by atoms with Crippen LogP contribution in [0.1, 0.15) is 25.7 Å². The minimum absolute atomic E-state index is 0.00857. The molecular weight excluding hydrogens is 270 g/mol. The minimum Gasteiger partial charge on any atom is -0.326 e. The van der Waals surface area contributed by atoms with Gasteiger partial charge in [-0.3, -0.25) is 14.8 Å². The van der Waals surface area contributed by atoms with E-state index in [1.807, 2.05) is 37.4 Å². The average Bonchev–Trinajstić information content (AvgIpc) is 2.48. The third-order valence-corrected chi connectivity index (χ3v) is 3.07. The van der Waals surface area contributed by atoms with Gasteiger partial charge >= 0.3 is 0 Å². The maximum Gasteiger partial charge on any atom is 0.243 e. The van der Waals surface area contributed by atoms with Gasteiger partial charge in [-0.15, -0.1) is 0 Å². The topological polar surface area (TPSA) is 81.7 Å². The van der Waals surface area contributed by atoms with E-state index in [1.54, 1.807) is 5.48 Å². The number of para-hydroxylation sites is 1. The van der Waals surface area contributed by atoms with Crippen LogP contribution >= 0.6 is 0 Å². The fraction of sp³-hybridized carbons (Fsp3) is 0.467. The predicted octanol–water partition coefficient (Wildman–Crippen LogP) is 1.62. The molecule has 0 radical (unpaired) electrons. The fourth-order valence-corrected chi connectivity index (χ4v) is 1.93. The molecule has 0 atom stereocenters. The molecule has 1 aromatic carbocycles. The zero-order valence-corrected chi connectivity index (χ0v) is 12.3. The van der Waals surface area contributed by atoms with Crippen molar-refractivity contribution in [2.75, 3.05) is 25.5 Å². The van der Waals surface area contributed by atoms with Gasteiger partial charge in [0.2, 0.25) is 11.8 Å². The van der Waals surface area contributed by atoms with Crippen molar-refractivity contribution in [3.8, 4) is 0 Å². The Balaban J connectivity index is 2.09. The van der Waals surface area contributed by atoms with Crippen LogP contribution in [0.3, 0.4) is 0 Å². The van der Waals surface area contributed by atoms with Crippen molar-refractivity contribution < 1.29 is 14.8 Å². The Bertz CT molecular complexity index is 437. The molecule has 0 aliphatic rings. The number of nitrogens with zero attached hydrogens (tertiary/aromatic N) is 1. The summed E-state index contributed by atoms with van der Waals surface area (Å²) in [4.78, 5) is 24.6. The first-order valence-corrected chi connectivity index (χ1v) is 7.08. The lowest BCUT2D eigenvalue weighted by Gasteiger charge is -2.15. The van der Waals surface area contributed by atoms with E-state index in [1.165, 1.54) is 0 Å². The molecule has 6 nitrogen and oxygen atoms in total. The van der Waals surface area contributed by atoms with Crippen molar-refractivity contribution in [2.24, 2.45) is 0 Å². The van der Waals surface area contributed by atoms with Crippen LogP contribution in [0.5, 0.6) is 0 Å². The van der Waals surface area contributed by atoms with Crippen molar-refractivity contribution in [2.45, 2.75) is 25.7 Å². The summed E-state index contributed by atoms with van der Waals surface area (Å²) in [6.45, 7) is 1.55. The smallest absolute Gasteiger partial charge is 0.243 e. The quantitative estimate of drug-likeness (QED) is 0.477. The number of anilines is 1. The van der Waals surface area contributed by atoms with Crippen LogP contribution in [0.25, 0.3) is 0 Å². The van der Waals surface area contributed by atoms with Crippen molar-refractivity contribution in [1.29, 1.82) is 0 Å². The van der Waals surface area contributed by atoms with Crippen LogP contribution < -0.4 is 10.8 Å². The van der Waals surface area contributed by atoms with Crippen molar-refractivity contribution in [1.82, 2.24) is 10.4 Å². The lowest BCUT2D eigenvalue weighted by molar-refractivity contribution is -0.129. The van der Waals surface area contributed by atoms with Gasteiger partial charge in [0.1, 0.15) is 0 Å². The van der Waals surface area contributed by atoms with Gasteiger partial charge in [-0.25, -0.2) is 5.48 Å². The summed E-state index contributed by atoms with van der Waals surface area (Å²) in [5.41, 5.74) is 2.42. The van der Waals surface area contributed by atoms with Crippen molar-refractivity contribution in [3.05, 3.63) is 30.3 Å². The number of hydroxylamine groups is 1. The van der Waals surface area contributed by atoms with Gasteiger partial charge in [-0.2, -0.15) is 0 Å². The first kappa shape index (κ1) is 17.1. The maximum absolute atomic E-state index is 11.7. The van der Waals surface area contributed by atoms with E-state index in [0.717, 1.165) is 25.2 Å². The van der Waals surface area contributed by atoms with Gasteiger partial charge in [0.25, 0.3) is 0 Å². The second-order valence-corrected chi connectivity index (χ2v) is 4.96.